The first kappa shape index (κ1) is 14.2. The molecule has 0 bridgehead atoms. The molecule has 2 rings (SSSR count). The average molecular weight is 259 g/mol. The number of hydrogen-bond donors (Lipinski definition) is 0. The molecule has 0 aromatic rings. The van der Waals surface area contributed by atoms with Crippen molar-refractivity contribution < 1.29 is 13.9 Å². The molecule has 0 aromatic heterocycles. The highest BCUT2D eigenvalue weighted by atomic mass is 19.1. The van der Waals surface area contributed by atoms with Gasteiger partial charge in [-0.1, -0.05) is 0 Å². The summed E-state index contributed by atoms with van der Waals surface area (Å²) < 4.78 is 23.3. The van der Waals surface area contributed by atoms with Gasteiger partial charge < -0.3 is 14.4 Å². The van der Waals surface area contributed by atoms with E-state index >= 15 is 0 Å². The lowest BCUT2D eigenvalue weighted by atomic mass is 9.80. The molecule has 1 spiro atoms. The van der Waals surface area contributed by atoms with E-state index in [2.05, 4.69) is 4.90 Å². The van der Waals surface area contributed by atoms with Crippen molar-refractivity contribution in [1.82, 2.24) is 4.90 Å². The number of rotatable bonds is 5. The molecule has 0 atom stereocenters. The SMILES string of the molecule is FCCCCCN1CCOCC2(CCOCC2)C1. The van der Waals surface area contributed by atoms with Gasteiger partial charge >= 0.3 is 0 Å². The van der Waals surface area contributed by atoms with Crippen molar-refractivity contribution in [2.45, 2.75) is 32.1 Å². The zero-order valence-corrected chi connectivity index (χ0v) is 11.3. The van der Waals surface area contributed by atoms with E-state index in [0.29, 0.717) is 11.8 Å². The molecule has 0 aliphatic carbocycles. The zero-order chi connectivity index (χ0) is 12.7. The highest BCUT2D eigenvalue weighted by Gasteiger charge is 2.36. The summed E-state index contributed by atoms with van der Waals surface area (Å²) in [4.78, 5) is 2.51. The van der Waals surface area contributed by atoms with E-state index in [1.165, 1.54) is 0 Å². The van der Waals surface area contributed by atoms with E-state index in [1.807, 2.05) is 0 Å². The first-order valence-corrected chi connectivity index (χ1v) is 7.28. The third kappa shape index (κ3) is 4.18. The summed E-state index contributed by atoms with van der Waals surface area (Å²) in [5.74, 6) is 0. The van der Waals surface area contributed by atoms with Gasteiger partial charge in [-0.15, -0.1) is 0 Å². The van der Waals surface area contributed by atoms with Crippen LogP contribution in [-0.2, 0) is 9.47 Å². The smallest absolute Gasteiger partial charge is 0.0894 e. The number of alkyl halides is 1. The predicted molar refractivity (Wildman–Crippen MR) is 69.6 cm³/mol. The Bertz CT molecular complexity index is 232. The molecule has 0 aromatic carbocycles. The molecule has 3 nitrogen and oxygen atoms in total. The number of nitrogens with zero attached hydrogens (tertiary/aromatic N) is 1. The fourth-order valence-electron chi connectivity index (χ4n) is 2.99. The van der Waals surface area contributed by atoms with Crippen LogP contribution in [0.2, 0.25) is 0 Å². The van der Waals surface area contributed by atoms with E-state index in [4.69, 9.17) is 9.47 Å². The summed E-state index contributed by atoms with van der Waals surface area (Å²) in [7, 11) is 0. The van der Waals surface area contributed by atoms with Crippen LogP contribution >= 0.6 is 0 Å². The molecule has 106 valence electrons. The van der Waals surface area contributed by atoms with Crippen molar-refractivity contribution in [2.75, 3.05) is 52.7 Å². The molecule has 2 aliphatic rings. The molecule has 18 heavy (non-hydrogen) atoms. The largest absolute Gasteiger partial charge is 0.381 e. The molecule has 0 saturated carbocycles. The van der Waals surface area contributed by atoms with Crippen LogP contribution in [0.25, 0.3) is 0 Å². The summed E-state index contributed by atoms with van der Waals surface area (Å²) in [6, 6.07) is 0. The Morgan fingerprint density at radius 3 is 2.61 bits per heavy atom. The number of ether oxygens (including phenoxy) is 2. The van der Waals surface area contributed by atoms with E-state index in [0.717, 1.165) is 71.7 Å². The van der Waals surface area contributed by atoms with Crippen LogP contribution in [-0.4, -0.2) is 57.6 Å². The standard InChI is InChI=1S/C14H26FNO2/c15-6-2-1-3-7-16-8-11-18-13-14(12-16)4-9-17-10-5-14/h1-13H2. The normalized spacial score (nSPS) is 25.2. The third-order valence-corrected chi connectivity index (χ3v) is 4.18. The molecule has 0 radical (unpaired) electrons. The van der Waals surface area contributed by atoms with Crippen molar-refractivity contribution in [3.05, 3.63) is 0 Å². The molecule has 2 fully saturated rings. The van der Waals surface area contributed by atoms with Gasteiger partial charge in [0.25, 0.3) is 0 Å². The quantitative estimate of drug-likeness (QED) is 0.707. The van der Waals surface area contributed by atoms with Gasteiger partial charge in [-0.3, -0.25) is 4.39 Å². The van der Waals surface area contributed by atoms with Crippen LogP contribution in [0.1, 0.15) is 32.1 Å². The summed E-state index contributed by atoms with van der Waals surface area (Å²) in [6.45, 7) is 6.54. The average Bonchev–Trinajstić information content (AvgIpc) is 2.59. The lowest BCUT2D eigenvalue weighted by molar-refractivity contribution is -0.0316. The van der Waals surface area contributed by atoms with Gasteiger partial charge in [0, 0.05) is 31.7 Å². The molecule has 2 heterocycles. The van der Waals surface area contributed by atoms with Crippen LogP contribution in [0.15, 0.2) is 0 Å². The van der Waals surface area contributed by atoms with Crippen LogP contribution in [0, 0.1) is 5.41 Å². The van der Waals surface area contributed by atoms with Gasteiger partial charge in [-0.2, -0.15) is 0 Å². The highest BCUT2D eigenvalue weighted by molar-refractivity contribution is 4.86. The molecule has 0 N–H and O–H groups in total. The Labute approximate surface area is 110 Å². The lowest BCUT2D eigenvalue weighted by Crippen LogP contribution is -2.42. The fourth-order valence-corrected chi connectivity index (χ4v) is 2.99. The van der Waals surface area contributed by atoms with E-state index in [1.54, 1.807) is 0 Å². The Hall–Kier alpha value is -0.190. The van der Waals surface area contributed by atoms with Crippen molar-refractivity contribution in [1.29, 1.82) is 0 Å². The monoisotopic (exact) mass is 259 g/mol. The Balaban J connectivity index is 1.79. The zero-order valence-electron chi connectivity index (χ0n) is 11.3. The molecule has 4 heteroatoms. The van der Waals surface area contributed by atoms with Crippen LogP contribution in [0.3, 0.4) is 0 Å². The summed E-state index contributed by atoms with van der Waals surface area (Å²) in [5.41, 5.74) is 0.314. The van der Waals surface area contributed by atoms with Gasteiger partial charge in [0.2, 0.25) is 0 Å². The maximum absolute atomic E-state index is 12.1. The molecule has 0 amide bonds. The van der Waals surface area contributed by atoms with E-state index in [-0.39, 0.29) is 6.67 Å². The minimum absolute atomic E-state index is 0.176. The molecular formula is C14H26FNO2. The summed E-state index contributed by atoms with van der Waals surface area (Å²) in [6.07, 6.45) is 5.06. The second-order valence-corrected chi connectivity index (χ2v) is 5.69. The van der Waals surface area contributed by atoms with Crippen molar-refractivity contribution >= 4 is 0 Å². The minimum atomic E-state index is -0.176. The maximum Gasteiger partial charge on any atom is 0.0894 e. The number of halogens is 1. The molecular weight excluding hydrogens is 233 g/mol. The maximum atomic E-state index is 12.1. The number of unbranched alkanes of at least 4 members (excludes halogenated alkanes) is 2. The van der Waals surface area contributed by atoms with Gasteiger partial charge in [0.1, 0.15) is 0 Å². The van der Waals surface area contributed by atoms with E-state index < -0.39 is 0 Å². The third-order valence-electron chi connectivity index (χ3n) is 4.18. The summed E-state index contributed by atoms with van der Waals surface area (Å²) >= 11 is 0. The van der Waals surface area contributed by atoms with Gasteiger partial charge in [0.05, 0.1) is 19.9 Å². The number of hydrogen-bond acceptors (Lipinski definition) is 3. The first-order valence-electron chi connectivity index (χ1n) is 7.28. The molecule has 2 aliphatic heterocycles. The highest BCUT2D eigenvalue weighted by Crippen LogP contribution is 2.33. The fraction of sp³-hybridized carbons (Fsp3) is 1.00. The predicted octanol–water partition coefficient (Wildman–Crippen LogP) is 2.26. The van der Waals surface area contributed by atoms with Gasteiger partial charge in [0.15, 0.2) is 0 Å². The topological polar surface area (TPSA) is 21.7 Å². The van der Waals surface area contributed by atoms with Gasteiger partial charge in [-0.05, 0) is 38.6 Å². The Kier molecular flexibility index (Phi) is 5.86. The second kappa shape index (κ2) is 7.41. The van der Waals surface area contributed by atoms with E-state index in [9.17, 15) is 4.39 Å². The van der Waals surface area contributed by atoms with Gasteiger partial charge in [-0.25, -0.2) is 0 Å². The lowest BCUT2D eigenvalue weighted by Gasteiger charge is -2.38. The van der Waals surface area contributed by atoms with Crippen LogP contribution < -0.4 is 0 Å². The molecule has 2 saturated heterocycles. The second-order valence-electron chi connectivity index (χ2n) is 5.69. The first-order chi connectivity index (χ1) is 8.85. The summed E-state index contributed by atoms with van der Waals surface area (Å²) in [5, 5.41) is 0. The Morgan fingerprint density at radius 2 is 1.83 bits per heavy atom. The molecule has 0 unspecified atom stereocenters. The van der Waals surface area contributed by atoms with Crippen molar-refractivity contribution in [2.24, 2.45) is 5.41 Å². The van der Waals surface area contributed by atoms with Crippen molar-refractivity contribution in [3.8, 4) is 0 Å². The van der Waals surface area contributed by atoms with Crippen LogP contribution in [0.4, 0.5) is 4.39 Å². The minimum Gasteiger partial charge on any atom is -0.381 e. The van der Waals surface area contributed by atoms with Crippen molar-refractivity contribution in [3.63, 3.8) is 0 Å². The van der Waals surface area contributed by atoms with Crippen LogP contribution in [0.5, 0.6) is 0 Å². The Morgan fingerprint density at radius 1 is 1.00 bits per heavy atom.